The lowest BCUT2D eigenvalue weighted by Crippen LogP contribution is -2.01. The van der Waals surface area contributed by atoms with Crippen molar-refractivity contribution in [3.63, 3.8) is 0 Å². The number of nitrogens with one attached hydrogen (secondary N) is 1. The van der Waals surface area contributed by atoms with E-state index in [-0.39, 0.29) is 5.38 Å². The lowest BCUT2D eigenvalue weighted by Gasteiger charge is -2.05. The van der Waals surface area contributed by atoms with Crippen molar-refractivity contribution in [1.82, 2.24) is 9.97 Å². The molecule has 0 aliphatic carbocycles. The molecule has 0 saturated heterocycles. The molecule has 1 aromatic heterocycles. The van der Waals surface area contributed by atoms with Crippen LogP contribution < -0.4 is 0 Å². The summed E-state index contributed by atoms with van der Waals surface area (Å²) in [5.74, 6) is 0.682. The van der Waals surface area contributed by atoms with Crippen molar-refractivity contribution in [1.29, 1.82) is 0 Å². The van der Waals surface area contributed by atoms with E-state index in [0.717, 1.165) is 5.69 Å². The molecule has 1 rings (SSSR count). The van der Waals surface area contributed by atoms with Gasteiger partial charge in [-0.1, -0.05) is 12.2 Å². The highest BCUT2D eigenvalue weighted by atomic mass is 35.5. The van der Waals surface area contributed by atoms with Gasteiger partial charge in [0, 0.05) is 12.8 Å². The minimum Gasteiger partial charge on any atom is -0.378 e. The van der Waals surface area contributed by atoms with Crippen LogP contribution in [0.5, 0.6) is 0 Å². The second kappa shape index (κ2) is 4.69. The standard InChI is InChI=1S/C8H11ClN2OS/c1-5(9)8-10-6(4-12-2)3-7(13)11-8/h3,5H,4H2,1-2H3,(H,10,11,13). The molecule has 1 atom stereocenters. The van der Waals surface area contributed by atoms with E-state index in [4.69, 9.17) is 28.6 Å². The predicted molar refractivity (Wildman–Crippen MR) is 54.4 cm³/mol. The van der Waals surface area contributed by atoms with E-state index in [1.54, 1.807) is 13.2 Å². The zero-order valence-corrected chi connectivity index (χ0v) is 9.08. The first-order chi connectivity index (χ1) is 6.13. The number of alkyl halides is 1. The van der Waals surface area contributed by atoms with E-state index >= 15 is 0 Å². The summed E-state index contributed by atoms with van der Waals surface area (Å²) in [7, 11) is 1.63. The summed E-state index contributed by atoms with van der Waals surface area (Å²) in [5.41, 5.74) is 0.894. The zero-order valence-electron chi connectivity index (χ0n) is 7.50. The molecule has 1 aromatic rings. The number of methoxy groups -OCH3 is 1. The van der Waals surface area contributed by atoms with Gasteiger partial charge < -0.3 is 9.72 Å². The maximum atomic E-state index is 5.87. The van der Waals surface area contributed by atoms with E-state index in [1.165, 1.54) is 0 Å². The smallest absolute Gasteiger partial charge is 0.130 e. The first kappa shape index (κ1) is 10.6. The molecule has 0 aromatic carbocycles. The molecule has 0 bridgehead atoms. The number of rotatable bonds is 3. The molecule has 13 heavy (non-hydrogen) atoms. The van der Waals surface area contributed by atoms with Gasteiger partial charge in [-0.3, -0.25) is 0 Å². The van der Waals surface area contributed by atoms with Crippen LogP contribution in [0.25, 0.3) is 0 Å². The van der Waals surface area contributed by atoms with Crippen molar-refractivity contribution >= 4 is 23.8 Å². The average molecular weight is 219 g/mol. The molecule has 72 valence electrons. The maximum Gasteiger partial charge on any atom is 0.130 e. The number of hydrogen-bond donors (Lipinski definition) is 1. The van der Waals surface area contributed by atoms with Gasteiger partial charge in [0.25, 0.3) is 0 Å². The fraction of sp³-hybridized carbons (Fsp3) is 0.500. The lowest BCUT2D eigenvalue weighted by molar-refractivity contribution is 0.181. The Kier molecular flexibility index (Phi) is 3.84. The van der Waals surface area contributed by atoms with Gasteiger partial charge >= 0.3 is 0 Å². The first-order valence-electron chi connectivity index (χ1n) is 3.86. The van der Waals surface area contributed by atoms with Gasteiger partial charge in [0.2, 0.25) is 0 Å². The summed E-state index contributed by atoms with van der Waals surface area (Å²) >= 11 is 10.8. The molecule has 3 nitrogen and oxygen atoms in total. The minimum absolute atomic E-state index is 0.168. The van der Waals surface area contributed by atoms with Gasteiger partial charge in [-0.25, -0.2) is 4.98 Å². The van der Waals surface area contributed by atoms with Gasteiger partial charge in [-0.2, -0.15) is 0 Å². The number of ether oxygens (including phenoxy) is 1. The quantitative estimate of drug-likeness (QED) is 0.626. The van der Waals surface area contributed by atoms with E-state index < -0.39 is 0 Å². The Morgan fingerprint density at radius 1 is 1.77 bits per heavy atom. The van der Waals surface area contributed by atoms with E-state index in [2.05, 4.69) is 9.97 Å². The maximum absolute atomic E-state index is 5.87. The first-order valence-corrected chi connectivity index (χ1v) is 4.71. The third kappa shape index (κ3) is 3.06. The lowest BCUT2D eigenvalue weighted by atomic mass is 10.4. The number of H-pyrrole nitrogens is 1. The molecule has 0 fully saturated rings. The van der Waals surface area contributed by atoms with Crippen molar-refractivity contribution in [3.8, 4) is 0 Å². The molecule has 0 saturated carbocycles. The van der Waals surface area contributed by atoms with Gasteiger partial charge in [0.1, 0.15) is 10.5 Å². The molecule has 1 heterocycles. The molecule has 1 unspecified atom stereocenters. The van der Waals surface area contributed by atoms with Crippen LogP contribution in [0.1, 0.15) is 23.8 Å². The molecular weight excluding hydrogens is 208 g/mol. The highest BCUT2D eigenvalue weighted by Gasteiger charge is 2.04. The fourth-order valence-electron chi connectivity index (χ4n) is 0.950. The largest absolute Gasteiger partial charge is 0.378 e. The van der Waals surface area contributed by atoms with Crippen molar-refractivity contribution in [3.05, 3.63) is 22.2 Å². The Morgan fingerprint density at radius 2 is 2.46 bits per heavy atom. The van der Waals surface area contributed by atoms with E-state index in [0.29, 0.717) is 17.1 Å². The summed E-state index contributed by atoms with van der Waals surface area (Å²) in [5, 5.41) is -0.168. The van der Waals surface area contributed by atoms with Crippen LogP contribution in [0, 0.1) is 4.64 Å². The summed E-state index contributed by atoms with van der Waals surface area (Å²) < 4.78 is 5.50. The molecule has 0 amide bonds. The SMILES string of the molecule is COCc1cc(=S)nc(C(C)Cl)[nH]1. The highest BCUT2D eigenvalue weighted by molar-refractivity contribution is 7.71. The van der Waals surface area contributed by atoms with Gasteiger partial charge in [0.15, 0.2) is 0 Å². The molecule has 5 heteroatoms. The Balaban J connectivity index is 3.04. The van der Waals surface area contributed by atoms with Crippen LogP contribution in [-0.2, 0) is 11.3 Å². The number of aromatic amines is 1. The fourth-order valence-corrected chi connectivity index (χ4v) is 1.29. The Morgan fingerprint density at radius 3 is 3.00 bits per heavy atom. The van der Waals surface area contributed by atoms with E-state index in [9.17, 15) is 0 Å². The highest BCUT2D eigenvalue weighted by Crippen LogP contribution is 2.14. The van der Waals surface area contributed by atoms with E-state index in [1.807, 2.05) is 6.92 Å². The van der Waals surface area contributed by atoms with Crippen LogP contribution in [0.3, 0.4) is 0 Å². The molecule has 1 N–H and O–H groups in total. The number of hydrogen-bond acceptors (Lipinski definition) is 3. The number of aromatic nitrogens is 2. The third-order valence-corrected chi connectivity index (χ3v) is 1.91. The molecule has 0 aliphatic rings. The van der Waals surface area contributed by atoms with Crippen LogP contribution >= 0.6 is 23.8 Å². The Labute approximate surface area is 87.1 Å². The van der Waals surface area contributed by atoms with Gasteiger partial charge in [-0.15, -0.1) is 11.6 Å². The topological polar surface area (TPSA) is 37.9 Å². The number of nitrogens with zero attached hydrogens (tertiary/aromatic N) is 1. The molecular formula is C8H11ClN2OS. The Bertz CT molecular complexity index is 337. The van der Waals surface area contributed by atoms with Crippen LogP contribution in [0.15, 0.2) is 6.07 Å². The van der Waals surface area contributed by atoms with Crippen LogP contribution in [-0.4, -0.2) is 17.1 Å². The summed E-state index contributed by atoms with van der Waals surface area (Å²) in [4.78, 5) is 7.14. The Hall–Kier alpha value is -0.450. The van der Waals surface area contributed by atoms with Gasteiger partial charge in [0.05, 0.1) is 12.0 Å². The second-order valence-electron chi connectivity index (χ2n) is 2.68. The van der Waals surface area contributed by atoms with Crippen molar-refractivity contribution < 1.29 is 4.74 Å². The van der Waals surface area contributed by atoms with Gasteiger partial charge in [-0.05, 0) is 13.0 Å². The van der Waals surface area contributed by atoms with Crippen molar-refractivity contribution in [2.75, 3.05) is 7.11 Å². The zero-order chi connectivity index (χ0) is 9.84. The van der Waals surface area contributed by atoms with Crippen molar-refractivity contribution in [2.45, 2.75) is 18.9 Å². The molecule has 0 radical (unpaired) electrons. The average Bonchev–Trinajstić information content (AvgIpc) is 2.03. The normalized spacial score (nSPS) is 12.8. The predicted octanol–water partition coefficient (Wildman–Crippen LogP) is 2.59. The third-order valence-electron chi connectivity index (χ3n) is 1.49. The van der Waals surface area contributed by atoms with Crippen LogP contribution in [0.4, 0.5) is 0 Å². The van der Waals surface area contributed by atoms with Crippen molar-refractivity contribution in [2.24, 2.45) is 0 Å². The summed E-state index contributed by atoms with van der Waals surface area (Å²) in [6.07, 6.45) is 0. The monoisotopic (exact) mass is 218 g/mol. The van der Waals surface area contributed by atoms with Crippen LogP contribution in [0.2, 0.25) is 0 Å². The molecule has 0 spiro atoms. The number of halogens is 1. The summed E-state index contributed by atoms with van der Waals surface area (Å²) in [6.45, 7) is 2.33. The summed E-state index contributed by atoms with van der Waals surface area (Å²) in [6, 6.07) is 1.77. The second-order valence-corrected chi connectivity index (χ2v) is 3.75. The minimum atomic E-state index is -0.168. The molecule has 0 aliphatic heterocycles.